The van der Waals surface area contributed by atoms with Crippen molar-refractivity contribution in [1.29, 1.82) is 0 Å². The fraction of sp³-hybridized carbons (Fsp3) is 0.500. The molecule has 6 nitrogen and oxygen atoms in total. The molecule has 1 aliphatic heterocycles. The Labute approximate surface area is 114 Å². The van der Waals surface area contributed by atoms with Gasteiger partial charge in [0.2, 0.25) is 5.91 Å². The Balaban J connectivity index is 2.16. The molecular formula is C10H12Cl2N4O2. The lowest BCUT2D eigenvalue weighted by Crippen LogP contribution is -2.54. The van der Waals surface area contributed by atoms with Crippen LogP contribution in [0.2, 0.25) is 10.3 Å². The van der Waals surface area contributed by atoms with Crippen LogP contribution in [0.1, 0.15) is 12.8 Å². The first-order chi connectivity index (χ1) is 8.53. The standard InChI is InChI=1S/C10H12Cl2N4O2/c11-7-6(8(12)15-5-14-7)16-9(17)10(13)1-3-18-4-2-10/h5H,1-4,13H2,(H,16,17). The molecule has 1 fully saturated rings. The third kappa shape index (κ3) is 2.72. The summed E-state index contributed by atoms with van der Waals surface area (Å²) in [6.07, 6.45) is 2.11. The summed E-state index contributed by atoms with van der Waals surface area (Å²) in [5.74, 6) is -0.357. The molecule has 0 unspecified atom stereocenters. The zero-order valence-electron chi connectivity index (χ0n) is 9.45. The van der Waals surface area contributed by atoms with E-state index in [0.29, 0.717) is 26.1 Å². The normalized spacial score (nSPS) is 18.4. The lowest BCUT2D eigenvalue weighted by atomic mass is 9.90. The molecule has 0 aliphatic carbocycles. The molecule has 8 heteroatoms. The number of carbonyl (C=O) groups excluding carboxylic acids is 1. The zero-order chi connectivity index (χ0) is 13.2. The third-order valence-electron chi connectivity index (χ3n) is 2.83. The Hall–Kier alpha value is -0.950. The number of halogens is 2. The van der Waals surface area contributed by atoms with Crippen LogP contribution < -0.4 is 11.1 Å². The van der Waals surface area contributed by atoms with Gasteiger partial charge >= 0.3 is 0 Å². The lowest BCUT2D eigenvalue weighted by molar-refractivity contribution is -0.124. The van der Waals surface area contributed by atoms with Crippen molar-refractivity contribution in [3.8, 4) is 0 Å². The second-order valence-corrected chi connectivity index (χ2v) is 4.77. The van der Waals surface area contributed by atoms with Crippen LogP contribution in [-0.2, 0) is 9.53 Å². The number of anilines is 1. The van der Waals surface area contributed by atoms with E-state index in [9.17, 15) is 4.79 Å². The zero-order valence-corrected chi connectivity index (χ0v) is 11.0. The number of hydrogen-bond acceptors (Lipinski definition) is 5. The average Bonchev–Trinajstić information content (AvgIpc) is 2.34. The largest absolute Gasteiger partial charge is 0.381 e. The van der Waals surface area contributed by atoms with Gasteiger partial charge in [-0.05, 0) is 12.8 Å². The van der Waals surface area contributed by atoms with Crippen LogP contribution in [0.3, 0.4) is 0 Å². The van der Waals surface area contributed by atoms with Crippen molar-refractivity contribution in [2.75, 3.05) is 18.5 Å². The second-order valence-electron chi connectivity index (χ2n) is 4.05. The number of hydrogen-bond donors (Lipinski definition) is 2. The summed E-state index contributed by atoms with van der Waals surface area (Å²) in [6.45, 7) is 0.910. The van der Waals surface area contributed by atoms with E-state index in [0.717, 1.165) is 0 Å². The van der Waals surface area contributed by atoms with Gasteiger partial charge in [0.15, 0.2) is 10.3 Å². The first-order valence-corrected chi connectivity index (χ1v) is 6.12. The number of rotatable bonds is 2. The Morgan fingerprint density at radius 3 is 2.44 bits per heavy atom. The van der Waals surface area contributed by atoms with Gasteiger partial charge in [0, 0.05) is 13.2 Å². The first kappa shape index (κ1) is 13.5. The number of carbonyl (C=O) groups is 1. The van der Waals surface area contributed by atoms with E-state index >= 15 is 0 Å². The molecule has 0 radical (unpaired) electrons. The molecule has 1 aromatic rings. The van der Waals surface area contributed by atoms with Crippen LogP contribution in [0, 0.1) is 0 Å². The van der Waals surface area contributed by atoms with Crippen LogP contribution >= 0.6 is 23.2 Å². The fourth-order valence-electron chi connectivity index (χ4n) is 1.65. The first-order valence-electron chi connectivity index (χ1n) is 5.37. The summed E-state index contributed by atoms with van der Waals surface area (Å²) in [6, 6.07) is 0. The van der Waals surface area contributed by atoms with Crippen LogP contribution in [0.4, 0.5) is 5.69 Å². The number of aromatic nitrogens is 2. The van der Waals surface area contributed by atoms with E-state index in [2.05, 4.69) is 15.3 Å². The monoisotopic (exact) mass is 290 g/mol. The van der Waals surface area contributed by atoms with Crippen LogP contribution in [-0.4, -0.2) is 34.6 Å². The van der Waals surface area contributed by atoms with Crippen LogP contribution in [0.5, 0.6) is 0 Å². The molecule has 0 aromatic carbocycles. The predicted molar refractivity (Wildman–Crippen MR) is 67.7 cm³/mol. The van der Waals surface area contributed by atoms with Gasteiger partial charge in [0.1, 0.15) is 17.6 Å². The average molecular weight is 291 g/mol. The Kier molecular flexibility index (Phi) is 4.01. The highest BCUT2D eigenvalue weighted by molar-refractivity contribution is 6.38. The van der Waals surface area contributed by atoms with E-state index < -0.39 is 5.54 Å². The minimum absolute atomic E-state index is 0.0824. The van der Waals surface area contributed by atoms with Gasteiger partial charge in [0.25, 0.3) is 0 Å². The third-order valence-corrected chi connectivity index (χ3v) is 3.40. The highest BCUT2D eigenvalue weighted by Gasteiger charge is 2.36. The molecule has 18 heavy (non-hydrogen) atoms. The van der Waals surface area contributed by atoms with Crippen molar-refractivity contribution in [3.05, 3.63) is 16.6 Å². The molecule has 1 saturated heterocycles. The number of amides is 1. The summed E-state index contributed by atoms with van der Waals surface area (Å²) in [7, 11) is 0. The smallest absolute Gasteiger partial charge is 0.244 e. The SMILES string of the molecule is NC1(C(=O)Nc2c(Cl)ncnc2Cl)CCOCC1. The minimum Gasteiger partial charge on any atom is -0.381 e. The fourth-order valence-corrected chi connectivity index (χ4v) is 2.06. The maximum atomic E-state index is 12.1. The van der Waals surface area contributed by atoms with E-state index in [-0.39, 0.29) is 21.9 Å². The van der Waals surface area contributed by atoms with Crippen molar-refractivity contribution in [3.63, 3.8) is 0 Å². The molecule has 1 amide bonds. The molecule has 0 bridgehead atoms. The maximum absolute atomic E-state index is 12.1. The quantitative estimate of drug-likeness (QED) is 0.800. The van der Waals surface area contributed by atoms with Crippen LogP contribution in [0.25, 0.3) is 0 Å². The van der Waals surface area contributed by atoms with Crippen molar-refractivity contribution in [1.82, 2.24) is 9.97 Å². The molecular weight excluding hydrogens is 279 g/mol. The summed E-state index contributed by atoms with van der Waals surface area (Å²) < 4.78 is 5.18. The van der Waals surface area contributed by atoms with Gasteiger partial charge in [0.05, 0.1) is 0 Å². The Bertz CT molecular complexity index is 443. The van der Waals surface area contributed by atoms with E-state index in [4.69, 9.17) is 33.7 Å². The molecule has 2 heterocycles. The molecule has 3 N–H and O–H groups in total. The minimum atomic E-state index is -0.971. The maximum Gasteiger partial charge on any atom is 0.244 e. The summed E-state index contributed by atoms with van der Waals surface area (Å²) in [4.78, 5) is 19.6. The van der Waals surface area contributed by atoms with E-state index in [1.165, 1.54) is 6.33 Å². The molecule has 1 aliphatic rings. The molecule has 0 spiro atoms. The van der Waals surface area contributed by atoms with E-state index in [1.807, 2.05) is 0 Å². The topological polar surface area (TPSA) is 90.1 Å². The second kappa shape index (κ2) is 5.36. The molecule has 1 aromatic heterocycles. The number of ether oxygens (including phenoxy) is 1. The molecule has 0 atom stereocenters. The number of nitrogens with one attached hydrogen (secondary N) is 1. The van der Waals surface area contributed by atoms with Gasteiger partial charge in [-0.15, -0.1) is 0 Å². The van der Waals surface area contributed by atoms with Crippen molar-refractivity contribution >= 4 is 34.8 Å². The number of nitrogens with two attached hydrogens (primary N) is 1. The summed E-state index contributed by atoms with van der Waals surface area (Å²) in [5, 5.41) is 2.75. The van der Waals surface area contributed by atoms with Crippen molar-refractivity contribution < 1.29 is 9.53 Å². The lowest BCUT2D eigenvalue weighted by Gasteiger charge is -2.31. The molecule has 98 valence electrons. The molecule has 0 saturated carbocycles. The summed E-state index contributed by atoms with van der Waals surface area (Å²) in [5.41, 5.74) is 5.24. The number of nitrogens with zero attached hydrogens (tertiary/aromatic N) is 2. The van der Waals surface area contributed by atoms with Gasteiger partial charge in [-0.3, -0.25) is 4.79 Å². The van der Waals surface area contributed by atoms with Gasteiger partial charge in [-0.2, -0.15) is 0 Å². The Morgan fingerprint density at radius 2 is 1.89 bits per heavy atom. The Morgan fingerprint density at radius 1 is 1.33 bits per heavy atom. The van der Waals surface area contributed by atoms with Crippen molar-refractivity contribution in [2.45, 2.75) is 18.4 Å². The van der Waals surface area contributed by atoms with E-state index in [1.54, 1.807) is 0 Å². The predicted octanol–water partition coefficient (Wildman–Crippen LogP) is 1.23. The van der Waals surface area contributed by atoms with Crippen molar-refractivity contribution in [2.24, 2.45) is 5.73 Å². The molecule has 2 rings (SSSR count). The van der Waals surface area contributed by atoms with Gasteiger partial charge in [-0.25, -0.2) is 9.97 Å². The summed E-state index contributed by atoms with van der Waals surface area (Å²) >= 11 is 11.7. The van der Waals surface area contributed by atoms with Gasteiger partial charge < -0.3 is 15.8 Å². The van der Waals surface area contributed by atoms with Crippen LogP contribution in [0.15, 0.2) is 6.33 Å². The highest BCUT2D eigenvalue weighted by atomic mass is 35.5. The van der Waals surface area contributed by atoms with Gasteiger partial charge in [-0.1, -0.05) is 23.2 Å². The highest BCUT2D eigenvalue weighted by Crippen LogP contribution is 2.28.